The van der Waals surface area contributed by atoms with Crippen molar-refractivity contribution in [2.75, 3.05) is 5.32 Å². The van der Waals surface area contributed by atoms with E-state index in [0.717, 1.165) is 16.8 Å². The van der Waals surface area contributed by atoms with Crippen molar-refractivity contribution in [2.24, 2.45) is 5.73 Å². The number of hydrogen-bond donors (Lipinski definition) is 3. The number of benzene rings is 2. The average molecular weight is 365 g/mol. The molecule has 0 saturated carbocycles. The second kappa shape index (κ2) is 8.09. The molecule has 27 heavy (non-hydrogen) atoms. The molecule has 1 aromatic heterocycles. The lowest BCUT2D eigenvalue weighted by Gasteiger charge is -2.18. The Balaban J connectivity index is 1.79. The summed E-state index contributed by atoms with van der Waals surface area (Å²) in [6.45, 7) is 1.91. The number of nitrogens with two attached hydrogens (primary N) is 1. The van der Waals surface area contributed by atoms with Crippen LogP contribution in [-0.2, 0) is 11.2 Å². The quantitative estimate of drug-likeness (QED) is 0.604. The highest BCUT2D eigenvalue weighted by Gasteiger charge is 2.21. The highest BCUT2D eigenvalue weighted by atomic mass is 16.2. The first-order valence-electron chi connectivity index (χ1n) is 8.27. The van der Waals surface area contributed by atoms with E-state index in [-0.39, 0.29) is 5.91 Å². The average Bonchev–Trinajstić information content (AvgIpc) is 3.17. The maximum atomic E-state index is 12.7. The summed E-state index contributed by atoms with van der Waals surface area (Å²) in [6, 6.07) is 13.2. The molecule has 2 aromatic carbocycles. The van der Waals surface area contributed by atoms with E-state index in [0.29, 0.717) is 12.1 Å². The van der Waals surface area contributed by atoms with E-state index in [4.69, 9.17) is 5.73 Å². The number of rotatable bonds is 6. The lowest BCUT2D eigenvalue weighted by molar-refractivity contribution is -0.117. The van der Waals surface area contributed by atoms with E-state index >= 15 is 0 Å². The molecule has 3 aromatic rings. The molecule has 0 aliphatic rings. The molecule has 4 N–H and O–H groups in total. The number of nitrogens with one attached hydrogen (secondary N) is 2. The predicted molar refractivity (Wildman–Crippen MR) is 99.2 cm³/mol. The number of aryl methyl sites for hydroxylation is 1. The highest BCUT2D eigenvalue weighted by molar-refractivity contribution is 5.97. The maximum Gasteiger partial charge on any atom is 0.312 e. The molecule has 3 rings (SSSR count). The van der Waals surface area contributed by atoms with Gasteiger partial charge in [0.05, 0.1) is 5.69 Å². The van der Waals surface area contributed by atoms with Gasteiger partial charge in [0.1, 0.15) is 12.4 Å². The van der Waals surface area contributed by atoms with Gasteiger partial charge < -0.3 is 16.4 Å². The summed E-state index contributed by atoms with van der Waals surface area (Å²) in [5, 5.41) is 16.4. The fourth-order valence-electron chi connectivity index (χ4n) is 2.67. The Morgan fingerprint density at radius 1 is 1.19 bits per heavy atom. The van der Waals surface area contributed by atoms with Crippen LogP contribution in [0.5, 0.6) is 0 Å². The van der Waals surface area contributed by atoms with Gasteiger partial charge in [0.25, 0.3) is 0 Å². The Bertz CT molecular complexity index is 926. The number of primary amides is 1. The van der Waals surface area contributed by atoms with E-state index in [1.165, 1.54) is 11.0 Å². The van der Waals surface area contributed by atoms with Crippen molar-refractivity contribution in [3.05, 3.63) is 66.0 Å². The van der Waals surface area contributed by atoms with E-state index in [9.17, 15) is 9.59 Å². The number of nitrogens with zero attached hydrogens (tertiary/aromatic N) is 4. The van der Waals surface area contributed by atoms with Crippen molar-refractivity contribution in [2.45, 2.75) is 19.4 Å². The van der Waals surface area contributed by atoms with Gasteiger partial charge in [0, 0.05) is 12.1 Å². The number of carbonyl (C=O) groups excluding carboxylic acids is 2. The molecule has 0 aliphatic heterocycles. The van der Waals surface area contributed by atoms with Gasteiger partial charge in [-0.1, -0.05) is 36.4 Å². The molecule has 1 atom stereocenters. The molecule has 0 aliphatic carbocycles. The van der Waals surface area contributed by atoms with Gasteiger partial charge in [0.15, 0.2) is 0 Å². The lowest BCUT2D eigenvalue weighted by atomic mass is 10.1. The number of tetrazole rings is 1. The van der Waals surface area contributed by atoms with Crippen molar-refractivity contribution < 1.29 is 9.59 Å². The van der Waals surface area contributed by atoms with Gasteiger partial charge >= 0.3 is 6.03 Å². The SMILES string of the molecule is Cc1ccc(NC(=O)C(Cc2ccccc2)NC(N)=O)cc1-n1cnnn1. The summed E-state index contributed by atoms with van der Waals surface area (Å²) in [6.07, 6.45) is 1.79. The van der Waals surface area contributed by atoms with Crippen molar-refractivity contribution >= 4 is 17.6 Å². The van der Waals surface area contributed by atoms with Crippen LogP contribution in [0.25, 0.3) is 5.69 Å². The fraction of sp³-hybridized carbons (Fsp3) is 0.167. The Morgan fingerprint density at radius 2 is 1.96 bits per heavy atom. The number of anilines is 1. The molecular formula is C18H19N7O2. The topological polar surface area (TPSA) is 128 Å². The van der Waals surface area contributed by atoms with E-state index in [1.807, 2.05) is 43.3 Å². The van der Waals surface area contributed by atoms with Crippen LogP contribution in [0, 0.1) is 6.92 Å². The van der Waals surface area contributed by atoms with Gasteiger partial charge in [-0.15, -0.1) is 5.10 Å². The molecule has 1 heterocycles. The van der Waals surface area contributed by atoms with E-state index in [2.05, 4.69) is 26.2 Å². The first kappa shape index (κ1) is 18.1. The number of aromatic nitrogens is 4. The first-order chi connectivity index (χ1) is 13.0. The third kappa shape index (κ3) is 4.66. The van der Waals surface area contributed by atoms with Crippen LogP contribution in [0.15, 0.2) is 54.9 Å². The summed E-state index contributed by atoms with van der Waals surface area (Å²) in [4.78, 5) is 24.0. The molecule has 0 fully saturated rings. The summed E-state index contributed by atoms with van der Waals surface area (Å²) in [5.41, 5.74) is 8.37. The van der Waals surface area contributed by atoms with Gasteiger partial charge in [-0.05, 0) is 40.6 Å². The summed E-state index contributed by atoms with van der Waals surface area (Å²) >= 11 is 0. The zero-order valence-corrected chi connectivity index (χ0v) is 14.7. The zero-order chi connectivity index (χ0) is 19.2. The number of carbonyl (C=O) groups is 2. The highest BCUT2D eigenvalue weighted by Crippen LogP contribution is 2.18. The predicted octanol–water partition coefficient (Wildman–Crippen LogP) is 1.19. The van der Waals surface area contributed by atoms with Crippen molar-refractivity contribution in [3.63, 3.8) is 0 Å². The molecule has 3 amide bonds. The van der Waals surface area contributed by atoms with Crippen LogP contribution >= 0.6 is 0 Å². The van der Waals surface area contributed by atoms with Crippen LogP contribution in [0.2, 0.25) is 0 Å². The van der Waals surface area contributed by atoms with Crippen molar-refractivity contribution in [3.8, 4) is 5.69 Å². The molecule has 9 heteroatoms. The van der Waals surface area contributed by atoms with Gasteiger partial charge in [-0.2, -0.15) is 0 Å². The van der Waals surface area contributed by atoms with Crippen LogP contribution in [0.3, 0.4) is 0 Å². The first-order valence-corrected chi connectivity index (χ1v) is 8.27. The number of amides is 3. The zero-order valence-electron chi connectivity index (χ0n) is 14.7. The van der Waals surface area contributed by atoms with E-state index < -0.39 is 12.1 Å². The van der Waals surface area contributed by atoms with Crippen LogP contribution < -0.4 is 16.4 Å². The third-order valence-electron chi connectivity index (χ3n) is 3.99. The minimum absolute atomic E-state index is 0.321. The molecule has 0 bridgehead atoms. The van der Waals surface area contributed by atoms with Crippen molar-refractivity contribution in [1.82, 2.24) is 25.5 Å². The lowest BCUT2D eigenvalue weighted by Crippen LogP contribution is -2.47. The maximum absolute atomic E-state index is 12.7. The molecule has 0 spiro atoms. The second-order valence-corrected chi connectivity index (χ2v) is 6.00. The van der Waals surface area contributed by atoms with Crippen molar-refractivity contribution in [1.29, 1.82) is 0 Å². The molecule has 9 nitrogen and oxygen atoms in total. The van der Waals surface area contributed by atoms with Gasteiger partial charge in [-0.25, -0.2) is 9.48 Å². The van der Waals surface area contributed by atoms with Crippen LogP contribution in [0.1, 0.15) is 11.1 Å². The number of urea groups is 1. The second-order valence-electron chi connectivity index (χ2n) is 6.00. The van der Waals surface area contributed by atoms with Gasteiger partial charge in [0.2, 0.25) is 5.91 Å². The summed E-state index contributed by atoms with van der Waals surface area (Å²) in [7, 11) is 0. The largest absolute Gasteiger partial charge is 0.352 e. The van der Waals surface area contributed by atoms with E-state index in [1.54, 1.807) is 12.1 Å². The molecule has 1 unspecified atom stereocenters. The molecule has 0 radical (unpaired) electrons. The fourth-order valence-corrected chi connectivity index (χ4v) is 2.67. The van der Waals surface area contributed by atoms with Crippen LogP contribution in [0.4, 0.5) is 10.5 Å². The Kier molecular flexibility index (Phi) is 5.41. The smallest absolute Gasteiger partial charge is 0.312 e. The minimum atomic E-state index is -0.803. The monoisotopic (exact) mass is 365 g/mol. The normalized spacial score (nSPS) is 11.6. The third-order valence-corrected chi connectivity index (χ3v) is 3.99. The summed E-state index contributed by atoms with van der Waals surface area (Å²) in [5.74, 6) is -0.371. The minimum Gasteiger partial charge on any atom is -0.352 e. The number of hydrogen-bond acceptors (Lipinski definition) is 5. The molecular weight excluding hydrogens is 346 g/mol. The Morgan fingerprint density at radius 3 is 2.63 bits per heavy atom. The Labute approximate surface area is 155 Å². The van der Waals surface area contributed by atoms with Gasteiger partial charge in [-0.3, -0.25) is 4.79 Å². The Hall–Kier alpha value is -3.75. The molecule has 0 saturated heterocycles. The summed E-state index contributed by atoms with van der Waals surface area (Å²) < 4.78 is 1.51. The van der Waals surface area contributed by atoms with Crippen LogP contribution in [-0.4, -0.2) is 38.2 Å². The standard InChI is InChI=1S/C18H19N7O2/c1-12-7-8-14(10-16(12)25-11-20-23-24-25)21-17(26)15(22-18(19)27)9-13-5-3-2-4-6-13/h2-8,10-11,15H,9H2,1H3,(H,21,26)(H3,19,22,27). The molecule has 138 valence electrons.